The summed E-state index contributed by atoms with van der Waals surface area (Å²) < 4.78 is 0. The molecular formula is C10H10O. The first-order chi connectivity index (χ1) is 5.27. The van der Waals surface area contributed by atoms with Crippen molar-refractivity contribution in [3.63, 3.8) is 0 Å². The van der Waals surface area contributed by atoms with Crippen molar-refractivity contribution >= 4 is 12.2 Å². The molecule has 0 saturated heterocycles. The molecule has 0 aliphatic carbocycles. The molecule has 0 unspecified atom stereocenters. The Morgan fingerprint density at radius 2 is 1.91 bits per heavy atom. The van der Waals surface area contributed by atoms with Crippen LogP contribution in [0.4, 0.5) is 0 Å². The molecule has 0 atom stereocenters. The maximum atomic E-state index is 9.30. The van der Waals surface area contributed by atoms with Gasteiger partial charge in [0.15, 0.2) is 0 Å². The van der Waals surface area contributed by atoms with Crippen LogP contribution >= 0.6 is 0 Å². The van der Waals surface area contributed by atoms with E-state index in [2.05, 4.69) is 13.2 Å². The lowest BCUT2D eigenvalue weighted by Gasteiger charge is -1.98. The predicted molar refractivity (Wildman–Crippen MR) is 48.3 cm³/mol. The molecule has 56 valence electrons. The normalized spacial score (nSPS) is 9.09. The molecule has 0 spiro atoms. The van der Waals surface area contributed by atoms with Gasteiger partial charge in [0, 0.05) is 5.56 Å². The third-order valence-corrected chi connectivity index (χ3v) is 1.51. The molecule has 1 aromatic rings. The number of benzene rings is 1. The topological polar surface area (TPSA) is 20.2 Å². The maximum absolute atomic E-state index is 9.30. The molecule has 1 N–H and O–H groups in total. The lowest BCUT2D eigenvalue weighted by Crippen LogP contribution is -1.75. The Morgan fingerprint density at radius 1 is 1.18 bits per heavy atom. The standard InChI is InChI=1S/C10H10O/c1-3-8-5-6-9(4-2)10(11)7-8/h3-7,11H,1-2H2. The molecule has 0 aromatic heterocycles. The Balaban J connectivity index is 3.18. The molecule has 1 rings (SSSR count). The predicted octanol–water partition coefficient (Wildman–Crippen LogP) is 2.68. The van der Waals surface area contributed by atoms with Gasteiger partial charge in [0.25, 0.3) is 0 Å². The van der Waals surface area contributed by atoms with E-state index in [1.807, 2.05) is 6.07 Å². The monoisotopic (exact) mass is 146 g/mol. The molecule has 0 fully saturated rings. The fraction of sp³-hybridized carbons (Fsp3) is 0. The smallest absolute Gasteiger partial charge is 0.123 e. The lowest BCUT2D eigenvalue weighted by atomic mass is 10.1. The van der Waals surface area contributed by atoms with Gasteiger partial charge in [0.05, 0.1) is 0 Å². The molecule has 0 bridgehead atoms. The first kappa shape index (κ1) is 7.61. The molecule has 0 heterocycles. The summed E-state index contributed by atoms with van der Waals surface area (Å²) in [5, 5.41) is 9.30. The minimum atomic E-state index is 0.248. The second-order valence-electron chi connectivity index (χ2n) is 2.23. The second-order valence-corrected chi connectivity index (χ2v) is 2.23. The average molecular weight is 146 g/mol. The molecule has 0 aliphatic heterocycles. The second kappa shape index (κ2) is 3.06. The highest BCUT2D eigenvalue weighted by atomic mass is 16.3. The molecule has 11 heavy (non-hydrogen) atoms. The van der Waals surface area contributed by atoms with Crippen molar-refractivity contribution in [2.24, 2.45) is 0 Å². The molecule has 0 aliphatic rings. The Kier molecular flexibility index (Phi) is 2.12. The van der Waals surface area contributed by atoms with E-state index < -0.39 is 0 Å². The molecular weight excluding hydrogens is 136 g/mol. The van der Waals surface area contributed by atoms with E-state index >= 15 is 0 Å². The van der Waals surface area contributed by atoms with Crippen LogP contribution in [0.2, 0.25) is 0 Å². The summed E-state index contributed by atoms with van der Waals surface area (Å²) in [5.41, 5.74) is 1.66. The maximum Gasteiger partial charge on any atom is 0.123 e. The lowest BCUT2D eigenvalue weighted by molar-refractivity contribution is 0.474. The van der Waals surface area contributed by atoms with Crippen molar-refractivity contribution in [1.29, 1.82) is 0 Å². The van der Waals surface area contributed by atoms with Crippen molar-refractivity contribution in [2.75, 3.05) is 0 Å². The first-order valence-electron chi connectivity index (χ1n) is 3.36. The van der Waals surface area contributed by atoms with E-state index in [4.69, 9.17) is 0 Å². The Bertz CT molecular complexity index is 287. The molecule has 0 saturated carbocycles. The quantitative estimate of drug-likeness (QED) is 0.680. The van der Waals surface area contributed by atoms with E-state index in [1.54, 1.807) is 24.3 Å². The van der Waals surface area contributed by atoms with E-state index in [1.165, 1.54) is 0 Å². The zero-order chi connectivity index (χ0) is 8.27. The van der Waals surface area contributed by atoms with Gasteiger partial charge in [-0.3, -0.25) is 0 Å². The van der Waals surface area contributed by atoms with Gasteiger partial charge in [-0.05, 0) is 11.6 Å². The average Bonchev–Trinajstić information content (AvgIpc) is 2.04. The van der Waals surface area contributed by atoms with Gasteiger partial charge in [0.2, 0.25) is 0 Å². The fourth-order valence-corrected chi connectivity index (χ4v) is 0.860. The summed E-state index contributed by atoms with van der Waals surface area (Å²) in [6.45, 7) is 7.15. The molecule has 1 nitrogen and oxygen atoms in total. The third-order valence-electron chi connectivity index (χ3n) is 1.51. The van der Waals surface area contributed by atoms with E-state index in [0.717, 1.165) is 11.1 Å². The van der Waals surface area contributed by atoms with Crippen LogP contribution in [0.25, 0.3) is 12.2 Å². The number of hydrogen-bond donors (Lipinski definition) is 1. The molecule has 1 heteroatoms. The number of phenolic OH excluding ortho intramolecular Hbond substituents is 1. The molecule has 0 radical (unpaired) electrons. The van der Waals surface area contributed by atoms with Crippen LogP contribution < -0.4 is 0 Å². The Morgan fingerprint density at radius 3 is 2.36 bits per heavy atom. The largest absolute Gasteiger partial charge is 0.507 e. The zero-order valence-electron chi connectivity index (χ0n) is 6.25. The van der Waals surface area contributed by atoms with Gasteiger partial charge in [-0.25, -0.2) is 0 Å². The van der Waals surface area contributed by atoms with Crippen LogP contribution in [0.5, 0.6) is 5.75 Å². The minimum absolute atomic E-state index is 0.248. The molecule has 0 amide bonds. The minimum Gasteiger partial charge on any atom is -0.507 e. The van der Waals surface area contributed by atoms with Crippen molar-refractivity contribution < 1.29 is 5.11 Å². The zero-order valence-corrected chi connectivity index (χ0v) is 6.25. The first-order valence-corrected chi connectivity index (χ1v) is 3.36. The van der Waals surface area contributed by atoms with Gasteiger partial charge in [-0.2, -0.15) is 0 Å². The summed E-state index contributed by atoms with van der Waals surface area (Å²) in [6.07, 6.45) is 3.30. The summed E-state index contributed by atoms with van der Waals surface area (Å²) >= 11 is 0. The highest BCUT2D eigenvalue weighted by molar-refractivity contribution is 5.60. The van der Waals surface area contributed by atoms with Gasteiger partial charge in [-0.15, -0.1) is 0 Å². The van der Waals surface area contributed by atoms with Crippen molar-refractivity contribution in [3.8, 4) is 5.75 Å². The van der Waals surface area contributed by atoms with Crippen molar-refractivity contribution in [2.45, 2.75) is 0 Å². The van der Waals surface area contributed by atoms with Crippen LogP contribution in [0, 0.1) is 0 Å². The number of hydrogen-bond acceptors (Lipinski definition) is 1. The Labute approximate surface area is 66.3 Å². The highest BCUT2D eigenvalue weighted by Crippen LogP contribution is 2.19. The fourth-order valence-electron chi connectivity index (χ4n) is 0.860. The van der Waals surface area contributed by atoms with Crippen LogP contribution in [-0.4, -0.2) is 5.11 Å². The van der Waals surface area contributed by atoms with Crippen molar-refractivity contribution in [3.05, 3.63) is 42.5 Å². The van der Waals surface area contributed by atoms with E-state index in [-0.39, 0.29) is 5.75 Å². The van der Waals surface area contributed by atoms with Gasteiger partial charge < -0.3 is 5.11 Å². The van der Waals surface area contributed by atoms with Gasteiger partial charge >= 0.3 is 0 Å². The van der Waals surface area contributed by atoms with Crippen LogP contribution in [0.1, 0.15) is 11.1 Å². The van der Waals surface area contributed by atoms with Crippen LogP contribution in [0.3, 0.4) is 0 Å². The summed E-state index contributed by atoms with van der Waals surface area (Å²) in [6, 6.07) is 5.34. The van der Waals surface area contributed by atoms with Gasteiger partial charge in [-0.1, -0.05) is 37.4 Å². The summed E-state index contributed by atoms with van der Waals surface area (Å²) in [4.78, 5) is 0. The van der Waals surface area contributed by atoms with Crippen LogP contribution in [-0.2, 0) is 0 Å². The van der Waals surface area contributed by atoms with E-state index in [0.29, 0.717) is 0 Å². The van der Waals surface area contributed by atoms with E-state index in [9.17, 15) is 5.11 Å². The number of phenols is 1. The SMILES string of the molecule is C=Cc1ccc(C=C)c(O)c1. The van der Waals surface area contributed by atoms with Crippen molar-refractivity contribution in [1.82, 2.24) is 0 Å². The van der Waals surface area contributed by atoms with Crippen LogP contribution in [0.15, 0.2) is 31.4 Å². The number of aromatic hydroxyl groups is 1. The third kappa shape index (κ3) is 1.49. The number of rotatable bonds is 2. The Hall–Kier alpha value is -1.50. The highest BCUT2D eigenvalue weighted by Gasteiger charge is 1.95. The summed E-state index contributed by atoms with van der Waals surface area (Å²) in [7, 11) is 0. The molecule has 1 aromatic carbocycles. The van der Waals surface area contributed by atoms with Gasteiger partial charge in [0.1, 0.15) is 5.75 Å². The summed E-state index contributed by atoms with van der Waals surface area (Å²) in [5.74, 6) is 0.248.